The van der Waals surface area contributed by atoms with Gasteiger partial charge in [-0.25, -0.2) is 14.2 Å². The molecule has 6 rings (SSSR count). The molecule has 5 aromatic rings. The highest BCUT2D eigenvalue weighted by atomic mass is 35.5. The summed E-state index contributed by atoms with van der Waals surface area (Å²) in [5.41, 5.74) is 0.0475. The standard InChI is InChI=1S/C24H13ClN2O4/c25-17-11-5-3-9-15(17)20-19-21(16-10-4-6-12-18(16)31-24(19)30)27-23(29)14-8-2-1-7-13(14)22(28)26(20)27/h1-12,20H. The van der Waals surface area contributed by atoms with Crippen LogP contribution in [0.2, 0.25) is 5.02 Å². The van der Waals surface area contributed by atoms with Crippen LogP contribution in [-0.2, 0) is 0 Å². The van der Waals surface area contributed by atoms with Crippen LogP contribution in [-0.4, -0.2) is 9.36 Å². The number of halogens is 1. The summed E-state index contributed by atoms with van der Waals surface area (Å²) >= 11 is 6.48. The first-order valence-corrected chi connectivity index (χ1v) is 10.0. The van der Waals surface area contributed by atoms with Crippen molar-refractivity contribution >= 4 is 33.3 Å². The maximum Gasteiger partial charge on any atom is 0.344 e. The van der Waals surface area contributed by atoms with E-state index < -0.39 is 11.7 Å². The van der Waals surface area contributed by atoms with Crippen molar-refractivity contribution in [2.75, 3.05) is 0 Å². The van der Waals surface area contributed by atoms with Gasteiger partial charge in [-0.15, -0.1) is 0 Å². The predicted molar refractivity (Wildman–Crippen MR) is 119 cm³/mol. The molecule has 6 nitrogen and oxygen atoms in total. The molecule has 0 aliphatic carbocycles. The van der Waals surface area contributed by atoms with E-state index in [4.69, 9.17) is 16.0 Å². The van der Waals surface area contributed by atoms with Crippen LogP contribution < -0.4 is 16.7 Å². The van der Waals surface area contributed by atoms with Crippen molar-refractivity contribution in [2.24, 2.45) is 0 Å². The lowest BCUT2D eigenvalue weighted by atomic mass is 9.98. The van der Waals surface area contributed by atoms with Crippen LogP contribution in [0.4, 0.5) is 0 Å². The van der Waals surface area contributed by atoms with Crippen molar-refractivity contribution in [2.45, 2.75) is 6.04 Å². The third-order valence-corrected chi connectivity index (χ3v) is 6.10. The van der Waals surface area contributed by atoms with Gasteiger partial charge in [0.05, 0.1) is 22.0 Å². The van der Waals surface area contributed by atoms with E-state index in [0.717, 1.165) is 0 Å². The van der Waals surface area contributed by atoms with E-state index in [0.29, 0.717) is 27.2 Å². The summed E-state index contributed by atoms with van der Waals surface area (Å²) in [5.74, 6) is 0. The van der Waals surface area contributed by atoms with Crippen LogP contribution in [0.3, 0.4) is 0 Å². The van der Waals surface area contributed by atoms with E-state index in [1.807, 2.05) is 0 Å². The molecule has 3 aromatic carbocycles. The number of nitrogens with zero attached hydrogens (tertiary/aromatic N) is 2. The van der Waals surface area contributed by atoms with E-state index in [2.05, 4.69) is 0 Å². The fourth-order valence-corrected chi connectivity index (χ4v) is 4.69. The Labute approximate surface area is 179 Å². The van der Waals surface area contributed by atoms with Crippen LogP contribution in [0, 0.1) is 0 Å². The largest absolute Gasteiger partial charge is 0.422 e. The second-order valence-electron chi connectivity index (χ2n) is 7.38. The van der Waals surface area contributed by atoms with Crippen molar-refractivity contribution in [1.82, 2.24) is 9.36 Å². The Morgan fingerprint density at radius 3 is 2.10 bits per heavy atom. The van der Waals surface area contributed by atoms with Gasteiger partial charge in [0.25, 0.3) is 11.1 Å². The van der Waals surface area contributed by atoms with Gasteiger partial charge in [-0.1, -0.05) is 54.1 Å². The lowest BCUT2D eigenvalue weighted by Crippen LogP contribution is -2.36. The van der Waals surface area contributed by atoms with E-state index in [1.54, 1.807) is 72.8 Å². The normalized spacial score (nSPS) is 14.7. The predicted octanol–water partition coefficient (Wildman–Crippen LogP) is 3.86. The van der Waals surface area contributed by atoms with Crippen LogP contribution in [0.5, 0.6) is 0 Å². The topological polar surface area (TPSA) is 74.2 Å². The summed E-state index contributed by atoms with van der Waals surface area (Å²) in [6.45, 7) is 0. The molecule has 0 radical (unpaired) electrons. The summed E-state index contributed by atoms with van der Waals surface area (Å²) in [7, 11) is 0. The molecule has 1 atom stereocenters. The zero-order valence-electron chi connectivity index (χ0n) is 15.9. The maximum atomic E-state index is 13.6. The number of rotatable bonds is 1. The average Bonchev–Trinajstić information content (AvgIpc) is 3.15. The van der Waals surface area contributed by atoms with Crippen molar-refractivity contribution in [3.8, 4) is 5.69 Å². The molecule has 0 saturated heterocycles. The monoisotopic (exact) mass is 428 g/mol. The minimum Gasteiger partial charge on any atom is -0.422 e. The zero-order valence-corrected chi connectivity index (χ0v) is 16.7. The molecule has 3 heterocycles. The van der Waals surface area contributed by atoms with Gasteiger partial charge in [0, 0.05) is 16.0 Å². The van der Waals surface area contributed by atoms with Gasteiger partial charge >= 0.3 is 5.63 Å². The van der Waals surface area contributed by atoms with Gasteiger partial charge in [0.2, 0.25) is 0 Å². The Morgan fingerprint density at radius 1 is 0.742 bits per heavy atom. The summed E-state index contributed by atoms with van der Waals surface area (Å²) in [6.07, 6.45) is 0. The molecule has 0 amide bonds. The highest BCUT2D eigenvalue weighted by molar-refractivity contribution is 6.31. The molecule has 1 unspecified atom stereocenters. The Hall–Kier alpha value is -3.90. The lowest BCUT2D eigenvalue weighted by molar-refractivity contribution is 0.518. The Morgan fingerprint density at radius 2 is 1.35 bits per heavy atom. The Bertz CT molecular complexity index is 1730. The van der Waals surface area contributed by atoms with E-state index in [1.165, 1.54) is 9.36 Å². The van der Waals surface area contributed by atoms with Crippen molar-refractivity contribution in [3.63, 3.8) is 0 Å². The summed E-state index contributed by atoms with van der Waals surface area (Å²) in [4.78, 5) is 40.4. The molecular weight excluding hydrogens is 416 g/mol. The molecule has 150 valence electrons. The van der Waals surface area contributed by atoms with Crippen molar-refractivity contribution in [3.05, 3.63) is 120 Å². The van der Waals surface area contributed by atoms with Gasteiger partial charge in [-0.3, -0.25) is 9.59 Å². The third kappa shape index (κ3) is 2.30. The van der Waals surface area contributed by atoms with Crippen LogP contribution in [0.1, 0.15) is 17.2 Å². The number of fused-ring (bicyclic) bond motifs is 6. The maximum absolute atomic E-state index is 13.6. The first-order valence-electron chi connectivity index (χ1n) is 9.65. The SMILES string of the molecule is O=c1oc2ccccc2c2c1C(c1ccccc1Cl)n1c(=O)c3ccccc3c(=O)n1-2. The quantitative estimate of drug-likeness (QED) is 0.373. The summed E-state index contributed by atoms with van der Waals surface area (Å²) < 4.78 is 8.19. The smallest absolute Gasteiger partial charge is 0.344 e. The number of benzene rings is 3. The molecule has 7 heteroatoms. The zero-order chi connectivity index (χ0) is 21.3. The minimum atomic E-state index is -0.894. The highest BCUT2D eigenvalue weighted by Crippen LogP contribution is 2.39. The first-order chi connectivity index (χ1) is 15.1. The van der Waals surface area contributed by atoms with Gasteiger partial charge in [0.15, 0.2) is 0 Å². The van der Waals surface area contributed by atoms with E-state index in [-0.39, 0.29) is 27.5 Å². The molecule has 0 N–H and O–H groups in total. The lowest BCUT2D eigenvalue weighted by Gasteiger charge is -2.17. The number of hydrogen-bond acceptors (Lipinski definition) is 4. The third-order valence-electron chi connectivity index (χ3n) is 5.75. The van der Waals surface area contributed by atoms with Gasteiger partial charge in [-0.05, 0) is 30.3 Å². The molecular formula is C24H13ClN2O4. The molecule has 1 aliphatic heterocycles. The van der Waals surface area contributed by atoms with Gasteiger partial charge in [0.1, 0.15) is 11.6 Å². The average molecular weight is 429 g/mol. The van der Waals surface area contributed by atoms with Gasteiger partial charge in [-0.2, -0.15) is 0 Å². The fraction of sp³-hybridized carbons (Fsp3) is 0.0417. The minimum absolute atomic E-state index is 0.210. The van der Waals surface area contributed by atoms with Crippen LogP contribution in [0.25, 0.3) is 27.4 Å². The molecule has 2 aromatic heterocycles. The van der Waals surface area contributed by atoms with Crippen LogP contribution >= 0.6 is 11.6 Å². The van der Waals surface area contributed by atoms with Gasteiger partial charge < -0.3 is 4.42 Å². The second kappa shape index (κ2) is 6.30. The van der Waals surface area contributed by atoms with Crippen LogP contribution in [0.15, 0.2) is 91.6 Å². The molecule has 1 aliphatic rings. The molecule has 0 bridgehead atoms. The number of para-hydroxylation sites is 1. The molecule has 31 heavy (non-hydrogen) atoms. The molecule has 0 spiro atoms. The Kier molecular flexibility index (Phi) is 3.64. The summed E-state index contributed by atoms with van der Waals surface area (Å²) in [5, 5.41) is 1.51. The fourth-order valence-electron chi connectivity index (χ4n) is 4.45. The molecule has 0 saturated carbocycles. The molecule has 0 fully saturated rings. The Balaban J connectivity index is 1.92. The van der Waals surface area contributed by atoms with Crippen molar-refractivity contribution in [1.29, 1.82) is 0 Å². The highest BCUT2D eigenvalue weighted by Gasteiger charge is 2.38. The summed E-state index contributed by atoms with van der Waals surface area (Å²) in [6, 6.07) is 19.7. The number of aromatic nitrogens is 2. The number of hydrogen-bond donors (Lipinski definition) is 0. The van der Waals surface area contributed by atoms with Crippen molar-refractivity contribution < 1.29 is 4.42 Å². The van der Waals surface area contributed by atoms with E-state index in [9.17, 15) is 14.4 Å². The first kappa shape index (κ1) is 17.9. The van der Waals surface area contributed by atoms with E-state index >= 15 is 0 Å². The second-order valence-corrected chi connectivity index (χ2v) is 7.79.